The second-order valence-electron chi connectivity index (χ2n) is 17.5. The van der Waals surface area contributed by atoms with Crippen molar-refractivity contribution < 1.29 is 66.7 Å². The van der Waals surface area contributed by atoms with E-state index >= 15 is 0 Å². The van der Waals surface area contributed by atoms with Crippen molar-refractivity contribution in [2.75, 3.05) is 20.4 Å². The van der Waals surface area contributed by atoms with E-state index in [2.05, 4.69) is 6.92 Å². The van der Waals surface area contributed by atoms with Gasteiger partial charge in [0.2, 0.25) is 10.0 Å². The summed E-state index contributed by atoms with van der Waals surface area (Å²) < 4.78 is 78.3. The Balaban J connectivity index is 1.63. The normalized spacial score (nSPS) is 54.1. The lowest BCUT2D eigenvalue weighted by Crippen LogP contribution is -2.69. The van der Waals surface area contributed by atoms with E-state index in [-0.39, 0.29) is 18.8 Å². The first-order valence-corrected chi connectivity index (χ1v) is 21.1. The molecule has 310 valence electrons. The molecule has 5 unspecified atom stereocenters. The summed E-state index contributed by atoms with van der Waals surface area (Å²) in [6.45, 7) is 18.4. The number of nitrogens with zero attached hydrogens (tertiary/aromatic N) is 1. The van der Waals surface area contributed by atoms with Gasteiger partial charge >= 0.3 is 0 Å². The van der Waals surface area contributed by atoms with Gasteiger partial charge in [-0.2, -0.15) is 4.31 Å². The van der Waals surface area contributed by atoms with E-state index in [1.54, 1.807) is 34.6 Å². The van der Waals surface area contributed by atoms with Gasteiger partial charge in [-0.3, -0.25) is 0 Å². The Hall–Kier alpha value is -0.570. The number of hydrogen-bond donors (Lipinski definition) is 4. The number of hydrogen-bond acceptors (Lipinski definition) is 14. The van der Waals surface area contributed by atoms with Crippen molar-refractivity contribution in [2.24, 2.45) is 23.7 Å². The highest BCUT2D eigenvalue weighted by atomic mass is 32.2. The number of ether oxygens (including phenoxy) is 8. The fourth-order valence-electron chi connectivity index (χ4n) is 9.96. The monoisotopic (exact) mass is 781 g/mol. The summed E-state index contributed by atoms with van der Waals surface area (Å²) in [5, 5.41) is 47.2. The first kappa shape index (κ1) is 43.6. The molecule has 15 nitrogen and oxygen atoms in total. The molecule has 5 aliphatic heterocycles. The topological polar surface area (TPSA) is 192 Å². The molecule has 0 aliphatic carbocycles. The van der Waals surface area contributed by atoms with Crippen LogP contribution in [0.5, 0.6) is 0 Å². The molecule has 5 heterocycles. The lowest BCUT2D eigenvalue weighted by atomic mass is 9.74. The smallest absolute Gasteiger partial charge is 0.286 e. The Labute approximate surface area is 315 Å². The first-order chi connectivity index (χ1) is 24.3. The van der Waals surface area contributed by atoms with E-state index in [4.69, 9.17) is 37.9 Å². The predicted molar refractivity (Wildman–Crippen MR) is 192 cm³/mol. The molecular formula is C37H67NO14S. The zero-order valence-corrected chi connectivity index (χ0v) is 34.6. The minimum Gasteiger partial charge on any atom is -0.387 e. The third-order valence-corrected chi connectivity index (χ3v) is 14.5. The standard InChI is InChI=1S/C37H67NO14S/c1-14-25-36(10,41)32-20(4)28-18(2)16-35(9,51-28)31(49-33-27(39)24(15-19(3)46-33)38(11)53(13,43)44)21(5)29(22(6)37(42,50-25)52-32)48-26-17-34(8,45-12)30(40)23(7)47-26/h18-33,39-42H,14-17H2,1-13H3/t18-,19+,20-,21-,22+,23?,24?,25+,26-,27?,28?,29-,30-,31+,32+,33-,34?,35+,36+,37-/m0/s1. The predicted octanol–water partition coefficient (Wildman–Crippen LogP) is 2.11. The van der Waals surface area contributed by atoms with Gasteiger partial charge in [-0.1, -0.05) is 34.6 Å². The van der Waals surface area contributed by atoms with Gasteiger partial charge in [-0.25, -0.2) is 8.42 Å². The second kappa shape index (κ2) is 15.3. The van der Waals surface area contributed by atoms with Gasteiger partial charge in [-0.05, 0) is 59.8 Å². The molecular weight excluding hydrogens is 714 g/mol. The van der Waals surface area contributed by atoms with E-state index in [0.717, 1.165) is 10.6 Å². The number of sulfonamides is 1. The van der Waals surface area contributed by atoms with Crippen molar-refractivity contribution in [3.05, 3.63) is 0 Å². The van der Waals surface area contributed by atoms with Crippen LogP contribution in [0.25, 0.3) is 0 Å². The summed E-state index contributed by atoms with van der Waals surface area (Å²) in [5.41, 5.74) is -3.54. The molecule has 0 aromatic heterocycles. The maximum Gasteiger partial charge on any atom is 0.286 e. The van der Waals surface area contributed by atoms with Gasteiger partial charge in [-0.15, -0.1) is 0 Å². The Morgan fingerprint density at radius 2 is 1.55 bits per heavy atom. The Morgan fingerprint density at radius 3 is 2.13 bits per heavy atom. The Morgan fingerprint density at radius 1 is 0.906 bits per heavy atom. The van der Waals surface area contributed by atoms with Gasteiger partial charge in [0.15, 0.2) is 12.6 Å². The van der Waals surface area contributed by atoms with Gasteiger partial charge in [0.25, 0.3) is 5.97 Å². The highest BCUT2D eigenvalue weighted by molar-refractivity contribution is 7.88. The first-order valence-electron chi connectivity index (χ1n) is 19.3. The number of aliphatic hydroxyl groups is 4. The van der Waals surface area contributed by atoms with Crippen molar-refractivity contribution in [3.8, 4) is 0 Å². The van der Waals surface area contributed by atoms with Crippen LogP contribution in [-0.4, -0.2) is 150 Å². The zero-order valence-electron chi connectivity index (χ0n) is 33.8. The van der Waals surface area contributed by atoms with Crippen LogP contribution in [0.1, 0.15) is 94.9 Å². The van der Waals surface area contributed by atoms with Crippen LogP contribution in [0, 0.1) is 23.7 Å². The summed E-state index contributed by atoms with van der Waals surface area (Å²) in [4.78, 5) is 0. The largest absolute Gasteiger partial charge is 0.387 e. The number of fused-ring (bicyclic) bond motifs is 4. The highest BCUT2D eigenvalue weighted by Gasteiger charge is 2.64. The molecule has 5 saturated heterocycles. The summed E-state index contributed by atoms with van der Waals surface area (Å²) in [6, 6.07) is -0.822. The van der Waals surface area contributed by atoms with Gasteiger partial charge < -0.3 is 58.3 Å². The Kier molecular flexibility index (Phi) is 12.6. The summed E-state index contributed by atoms with van der Waals surface area (Å²) in [7, 11) is -0.717. The molecule has 16 heteroatoms. The molecule has 5 aliphatic rings. The van der Waals surface area contributed by atoms with Crippen molar-refractivity contribution in [1.29, 1.82) is 0 Å². The Bertz CT molecular complexity index is 1390. The molecule has 4 bridgehead atoms. The van der Waals surface area contributed by atoms with E-state index in [0.29, 0.717) is 12.8 Å². The third kappa shape index (κ3) is 7.99. The molecule has 0 saturated carbocycles. The van der Waals surface area contributed by atoms with Crippen LogP contribution in [0.2, 0.25) is 0 Å². The number of aliphatic hydroxyl groups excluding tert-OH is 2. The minimum absolute atomic E-state index is 0.0633. The summed E-state index contributed by atoms with van der Waals surface area (Å²) in [6.07, 6.45) is -7.22. The zero-order chi connectivity index (χ0) is 39.8. The van der Waals surface area contributed by atoms with Gasteiger partial charge in [0.1, 0.15) is 17.8 Å². The lowest BCUT2D eigenvalue weighted by Gasteiger charge is -2.55. The van der Waals surface area contributed by atoms with Crippen molar-refractivity contribution in [3.63, 3.8) is 0 Å². The quantitative estimate of drug-likeness (QED) is 0.280. The molecule has 0 aromatic rings. The maximum atomic E-state index is 12.6. The van der Waals surface area contributed by atoms with Crippen LogP contribution < -0.4 is 0 Å². The number of likely N-dealkylation sites (N-methyl/N-ethyl adjacent to an activating group) is 1. The molecule has 4 N–H and O–H groups in total. The van der Waals surface area contributed by atoms with E-state index in [1.165, 1.54) is 14.2 Å². The van der Waals surface area contributed by atoms with Gasteiger partial charge in [0, 0.05) is 32.4 Å². The molecule has 5 rings (SSSR count). The maximum absolute atomic E-state index is 12.6. The SMILES string of the molecule is CC[C@H]1O[C@]2(O)O[C@H]([C@@H](C)C3O[C@](C)(C[C@@H]3C)[C@H](O[C@@H]3O[C@H](C)CC(N(C)S(C)(=O)=O)C3O)[C@@H](C)[C@H](O[C@H]3CC(C)(OC)[C@@H](O)C(C)O3)[C@H]2C)[C@]1(C)O. The lowest BCUT2D eigenvalue weighted by molar-refractivity contribution is -0.481. The van der Waals surface area contributed by atoms with E-state index in [9.17, 15) is 28.8 Å². The number of rotatable bonds is 8. The van der Waals surface area contributed by atoms with Crippen LogP contribution in [0.4, 0.5) is 0 Å². The molecule has 0 spiro atoms. The van der Waals surface area contributed by atoms with Crippen LogP contribution in [-0.2, 0) is 47.9 Å². The number of methoxy groups -OCH3 is 1. The molecule has 5 fully saturated rings. The minimum atomic E-state index is -3.67. The van der Waals surface area contributed by atoms with E-state index < -0.39 is 124 Å². The molecule has 53 heavy (non-hydrogen) atoms. The van der Waals surface area contributed by atoms with Crippen LogP contribution in [0.15, 0.2) is 0 Å². The molecule has 0 aromatic carbocycles. The fraction of sp³-hybridized carbons (Fsp3) is 1.00. The van der Waals surface area contributed by atoms with Crippen LogP contribution in [0.3, 0.4) is 0 Å². The second-order valence-corrected chi connectivity index (χ2v) is 19.5. The average molecular weight is 782 g/mol. The highest BCUT2D eigenvalue weighted by Crippen LogP contribution is 2.52. The summed E-state index contributed by atoms with van der Waals surface area (Å²) in [5.74, 6) is -4.34. The van der Waals surface area contributed by atoms with Crippen molar-refractivity contribution in [2.45, 2.75) is 191 Å². The van der Waals surface area contributed by atoms with E-state index in [1.807, 2.05) is 27.7 Å². The summed E-state index contributed by atoms with van der Waals surface area (Å²) >= 11 is 0. The molecule has 0 radical (unpaired) electrons. The average Bonchev–Trinajstić information content (AvgIpc) is 3.39. The van der Waals surface area contributed by atoms with Crippen LogP contribution >= 0.6 is 0 Å². The molecule has 20 atom stereocenters. The van der Waals surface area contributed by atoms with Gasteiger partial charge in [0.05, 0.1) is 72.1 Å². The van der Waals surface area contributed by atoms with Crippen molar-refractivity contribution in [1.82, 2.24) is 4.31 Å². The van der Waals surface area contributed by atoms with Crippen molar-refractivity contribution >= 4 is 10.0 Å². The molecule has 0 amide bonds. The third-order valence-electron chi connectivity index (χ3n) is 13.2. The fourth-order valence-corrected chi connectivity index (χ4v) is 10.7.